The summed E-state index contributed by atoms with van der Waals surface area (Å²) < 4.78 is 16.6. The van der Waals surface area contributed by atoms with Gasteiger partial charge in [0.1, 0.15) is 0 Å². The van der Waals surface area contributed by atoms with Crippen molar-refractivity contribution >= 4 is 31.0 Å². The third-order valence-corrected chi connectivity index (χ3v) is 8.01. The molecule has 1 heterocycles. The van der Waals surface area contributed by atoms with Crippen molar-refractivity contribution in [1.29, 1.82) is 0 Å². The zero-order chi connectivity index (χ0) is 17.7. The van der Waals surface area contributed by atoms with Gasteiger partial charge >= 0.3 is 8.80 Å². The van der Waals surface area contributed by atoms with Gasteiger partial charge in [-0.3, -0.25) is 0 Å². The van der Waals surface area contributed by atoms with Gasteiger partial charge in [-0.15, -0.1) is 17.0 Å². The number of hydrogen-bond acceptors (Lipinski definition) is 5. The topological polar surface area (TPSA) is 34.2 Å². The van der Waals surface area contributed by atoms with Gasteiger partial charge in [-0.2, -0.15) is 0 Å². The van der Waals surface area contributed by atoms with Crippen LogP contribution in [-0.4, -0.2) is 52.6 Å². The van der Waals surface area contributed by atoms with Crippen LogP contribution in [0.1, 0.15) is 37.7 Å². The van der Waals surface area contributed by atoms with E-state index in [1.165, 1.54) is 37.7 Å². The van der Waals surface area contributed by atoms with E-state index in [1.807, 2.05) is 0 Å². The molecule has 5 nitrogen and oxygen atoms in total. The fourth-order valence-corrected chi connectivity index (χ4v) is 5.67. The second-order valence-electron chi connectivity index (χ2n) is 6.86. The lowest BCUT2D eigenvalue weighted by molar-refractivity contribution is 0.140. The van der Waals surface area contributed by atoms with E-state index in [2.05, 4.69) is 46.5 Å². The summed E-state index contributed by atoms with van der Waals surface area (Å²) in [6, 6.07) is 9.15. The highest BCUT2D eigenvalue weighted by molar-refractivity contribution is 8.93. The number of benzene rings is 1. The molecule has 0 radical (unpaired) electrons. The van der Waals surface area contributed by atoms with Gasteiger partial charge in [0.05, 0.1) is 6.67 Å². The molecule has 1 aromatic carbocycles. The lowest BCUT2D eigenvalue weighted by Gasteiger charge is -2.32. The molecule has 0 bridgehead atoms. The molecule has 0 N–H and O–H groups in total. The van der Waals surface area contributed by atoms with E-state index >= 15 is 0 Å². The molecule has 0 atom stereocenters. The first-order chi connectivity index (χ1) is 12.2. The first kappa shape index (κ1) is 21.4. The molecule has 3 rings (SSSR count). The van der Waals surface area contributed by atoms with Crippen LogP contribution in [0.4, 0.5) is 0 Å². The van der Waals surface area contributed by atoms with E-state index in [-0.39, 0.29) is 17.0 Å². The van der Waals surface area contributed by atoms with Gasteiger partial charge in [0.15, 0.2) is 0 Å². The van der Waals surface area contributed by atoms with E-state index in [0.717, 1.165) is 24.4 Å². The molecule has 7 heteroatoms. The Morgan fingerprint density at radius 1 is 0.923 bits per heavy atom. The minimum Gasteiger partial charge on any atom is -0.373 e. The summed E-state index contributed by atoms with van der Waals surface area (Å²) in [5.41, 5.74) is 1.28. The highest BCUT2D eigenvalue weighted by atomic mass is 79.9. The Morgan fingerprint density at radius 3 is 2.12 bits per heavy atom. The Bertz CT molecular complexity index is 566. The molecule has 0 spiro atoms. The molecule has 26 heavy (non-hydrogen) atoms. The summed E-state index contributed by atoms with van der Waals surface area (Å²) in [6.45, 7) is 1.92. The Morgan fingerprint density at radius 2 is 1.54 bits per heavy atom. The Balaban J connectivity index is 0.00000243. The molecule has 0 unspecified atom stereocenters. The minimum absolute atomic E-state index is 0. The largest absolute Gasteiger partial charge is 0.536 e. The summed E-state index contributed by atoms with van der Waals surface area (Å²) in [4.78, 5) is 4.88. The monoisotopic (exact) mass is 442 g/mol. The van der Waals surface area contributed by atoms with Crippen LogP contribution in [-0.2, 0) is 19.8 Å². The standard InChI is InChI=1S/C19H30N2O3Si.BrH/c1-22-25(23-2,24-3)19-11-9-17(10-12-19)15-20-13-14-21(16-20)18-7-5-4-6-8-18;/h9-14,18H,4-8,15-16H2,1-3H3;1H. The predicted molar refractivity (Wildman–Crippen MR) is 111 cm³/mol. The van der Waals surface area contributed by atoms with Crippen molar-refractivity contribution in [3.63, 3.8) is 0 Å². The molecule has 146 valence electrons. The summed E-state index contributed by atoms with van der Waals surface area (Å²) in [7, 11) is 2.19. The second kappa shape index (κ2) is 9.89. The number of rotatable bonds is 7. The fourth-order valence-electron chi connectivity index (χ4n) is 3.89. The van der Waals surface area contributed by atoms with Crippen molar-refractivity contribution in [2.75, 3.05) is 28.0 Å². The maximum Gasteiger partial charge on any atom is 0.536 e. The molecule has 1 aliphatic heterocycles. The quantitative estimate of drug-likeness (QED) is 0.605. The fraction of sp³-hybridized carbons (Fsp3) is 0.579. The van der Waals surface area contributed by atoms with Crippen LogP contribution < -0.4 is 5.19 Å². The maximum atomic E-state index is 5.54. The first-order valence-electron chi connectivity index (χ1n) is 9.14. The van der Waals surface area contributed by atoms with E-state index in [0.29, 0.717) is 0 Å². The van der Waals surface area contributed by atoms with Crippen LogP contribution in [0.5, 0.6) is 0 Å². The van der Waals surface area contributed by atoms with Crippen LogP contribution in [0.25, 0.3) is 0 Å². The van der Waals surface area contributed by atoms with Crippen LogP contribution in [0.3, 0.4) is 0 Å². The van der Waals surface area contributed by atoms with E-state index in [4.69, 9.17) is 13.3 Å². The van der Waals surface area contributed by atoms with Crippen LogP contribution in [0.15, 0.2) is 36.7 Å². The van der Waals surface area contributed by atoms with Crippen LogP contribution in [0.2, 0.25) is 0 Å². The van der Waals surface area contributed by atoms with Crippen molar-refractivity contribution in [3.05, 3.63) is 42.2 Å². The lowest BCUT2D eigenvalue weighted by Crippen LogP contribution is -2.54. The van der Waals surface area contributed by atoms with Gasteiger partial charge in [0.2, 0.25) is 0 Å². The average molecular weight is 443 g/mol. The number of nitrogens with zero attached hydrogens (tertiary/aromatic N) is 2. The van der Waals surface area contributed by atoms with E-state index < -0.39 is 8.80 Å². The zero-order valence-electron chi connectivity index (χ0n) is 16.0. The van der Waals surface area contributed by atoms with Crippen molar-refractivity contribution in [2.24, 2.45) is 0 Å². The predicted octanol–water partition coefficient (Wildman–Crippen LogP) is 3.23. The van der Waals surface area contributed by atoms with Crippen LogP contribution in [0, 0.1) is 0 Å². The molecule has 0 amide bonds. The maximum absolute atomic E-state index is 5.54. The third-order valence-electron chi connectivity index (χ3n) is 5.36. The van der Waals surface area contributed by atoms with Gasteiger partial charge in [-0.1, -0.05) is 43.5 Å². The highest BCUT2D eigenvalue weighted by Gasteiger charge is 2.40. The molecule has 2 aliphatic rings. The summed E-state index contributed by atoms with van der Waals surface area (Å²) in [5.74, 6) is 0. The summed E-state index contributed by atoms with van der Waals surface area (Å²) >= 11 is 0. The SMILES string of the molecule is Br.CO[Si](OC)(OC)c1ccc(CN2C=CN(C3CCCCC3)C2)cc1. The summed E-state index contributed by atoms with van der Waals surface area (Å²) in [6.07, 6.45) is 11.3. The Hall–Kier alpha value is -0.863. The van der Waals surface area contributed by atoms with Gasteiger partial charge in [0.25, 0.3) is 0 Å². The molecular formula is C19H31BrN2O3Si. The first-order valence-corrected chi connectivity index (χ1v) is 10.9. The van der Waals surface area contributed by atoms with Crippen LogP contribution >= 0.6 is 17.0 Å². The van der Waals surface area contributed by atoms with Crippen molar-refractivity contribution < 1.29 is 13.3 Å². The van der Waals surface area contributed by atoms with Gasteiger partial charge in [0, 0.05) is 51.5 Å². The van der Waals surface area contributed by atoms with Crippen molar-refractivity contribution in [1.82, 2.24) is 9.80 Å². The van der Waals surface area contributed by atoms with Gasteiger partial charge in [-0.05, 0) is 18.4 Å². The second-order valence-corrected chi connectivity index (χ2v) is 9.77. The van der Waals surface area contributed by atoms with E-state index in [9.17, 15) is 0 Å². The third kappa shape index (κ3) is 4.70. The van der Waals surface area contributed by atoms with E-state index in [1.54, 1.807) is 21.3 Å². The minimum atomic E-state index is -2.73. The summed E-state index contributed by atoms with van der Waals surface area (Å²) in [5, 5.41) is 0.990. The Kier molecular flexibility index (Phi) is 8.16. The smallest absolute Gasteiger partial charge is 0.373 e. The molecule has 1 fully saturated rings. The van der Waals surface area contributed by atoms with Gasteiger partial charge < -0.3 is 23.1 Å². The number of halogens is 1. The highest BCUT2D eigenvalue weighted by Crippen LogP contribution is 2.25. The normalized spacial score (nSPS) is 18.3. The molecule has 1 aliphatic carbocycles. The average Bonchev–Trinajstić information content (AvgIpc) is 3.14. The molecule has 0 saturated heterocycles. The molecular weight excluding hydrogens is 412 g/mol. The Labute approximate surface area is 169 Å². The van der Waals surface area contributed by atoms with Crippen molar-refractivity contribution in [2.45, 2.75) is 44.7 Å². The molecule has 0 aromatic heterocycles. The number of hydrogen-bond donors (Lipinski definition) is 0. The zero-order valence-corrected chi connectivity index (χ0v) is 18.7. The van der Waals surface area contributed by atoms with Gasteiger partial charge in [-0.25, -0.2) is 0 Å². The molecule has 1 saturated carbocycles. The molecule has 1 aromatic rings. The van der Waals surface area contributed by atoms with Crippen molar-refractivity contribution in [3.8, 4) is 0 Å². The lowest BCUT2D eigenvalue weighted by atomic mass is 9.95.